The summed E-state index contributed by atoms with van der Waals surface area (Å²) in [4.78, 5) is 40.4. The Labute approximate surface area is 173 Å². The van der Waals surface area contributed by atoms with E-state index in [1.807, 2.05) is 0 Å². The number of rotatable bonds is 3. The summed E-state index contributed by atoms with van der Waals surface area (Å²) in [5, 5.41) is 26.6. The summed E-state index contributed by atoms with van der Waals surface area (Å²) in [5.74, 6) is -0.647. The number of non-ortho nitro benzene ring substituents is 1. The Bertz CT molecular complexity index is 1260. The normalized spacial score (nSPS) is 14.7. The van der Waals surface area contributed by atoms with Gasteiger partial charge in [0.2, 0.25) is 11.1 Å². The van der Waals surface area contributed by atoms with Crippen molar-refractivity contribution in [2.24, 2.45) is 0 Å². The number of anilines is 1. The van der Waals surface area contributed by atoms with Gasteiger partial charge in [0.25, 0.3) is 11.9 Å². The molecule has 1 atom stereocenters. The molecule has 11 heteroatoms. The Balaban J connectivity index is 2.12. The molecule has 2 heterocycles. The largest absolute Gasteiger partial charge is 0.507 e. The van der Waals surface area contributed by atoms with Crippen LogP contribution < -0.4 is 15.1 Å². The fourth-order valence-electron chi connectivity index (χ4n) is 3.55. The van der Waals surface area contributed by atoms with E-state index in [2.05, 4.69) is 10.1 Å². The number of nitro benzene ring substituents is 1. The average molecular weight is 426 g/mol. The zero-order valence-electron chi connectivity index (χ0n) is 15.9. The lowest BCUT2D eigenvalue weighted by molar-refractivity contribution is -0.763. The minimum atomic E-state index is -1.10. The molecule has 1 unspecified atom stereocenters. The van der Waals surface area contributed by atoms with Gasteiger partial charge in [-0.2, -0.15) is 0 Å². The van der Waals surface area contributed by atoms with E-state index in [-0.39, 0.29) is 28.6 Å². The molecule has 0 bridgehead atoms. The Hall–Kier alpha value is -3.73. The number of nitrogens with one attached hydrogen (secondary N) is 1. The SMILES string of the molecule is CSc1n[n+]2c(c(=O)[nH]1)-c1ccccc1N(C(C)=O)C2c1cc([N+](=O)[O-])ccc1O. The zero-order chi connectivity index (χ0) is 21.6. The number of amides is 1. The van der Waals surface area contributed by atoms with Crippen molar-refractivity contribution in [3.05, 3.63) is 68.5 Å². The Kier molecular flexibility index (Phi) is 4.74. The van der Waals surface area contributed by atoms with Crippen LogP contribution in [0.4, 0.5) is 11.4 Å². The lowest BCUT2D eigenvalue weighted by Crippen LogP contribution is -2.60. The van der Waals surface area contributed by atoms with Crippen LogP contribution in [0.2, 0.25) is 0 Å². The molecule has 3 aromatic rings. The van der Waals surface area contributed by atoms with Crippen molar-refractivity contribution in [1.82, 2.24) is 10.1 Å². The number of thioether (sulfide) groups is 1. The van der Waals surface area contributed by atoms with Gasteiger partial charge in [-0.1, -0.05) is 23.9 Å². The number of phenolic OH excluding ortho intramolecular Hbond substituents is 1. The summed E-state index contributed by atoms with van der Waals surface area (Å²) in [6.45, 7) is 1.34. The van der Waals surface area contributed by atoms with Crippen LogP contribution in [0.1, 0.15) is 18.7 Å². The van der Waals surface area contributed by atoms with Crippen LogP contribution in [-0.2, 0) is 4.79 Å². The number of hydrogen-bond acceptors (Lipinski definition) is 7. The number of nitrogens with zero attached hydrogens (tertiary/aromatic N) is 4. The first-order valence-corrected chi connectivity index (χ1v) is 10.0. The van der Waals surface area contributed by atoms with Crippen molar-refractivity contribution < 1.29 is 19.5 Å². The average Bonchev–Trinajstić information content (AvgIpc) is 2.72. The van der Waals surface area contributed by atoms with E-state index in [9.17, 15) is 24.8 Å². The predicted molar refractivity (Wildman–Crippen MR) is 108 cm³/mol. The Morgan fingerprint density at radius 2 is 2.07 bits per heavy atom. The van der Waals surface area contributed by atoms with E-state index in [4.69, 9.17) is 0 Å². The molecular weight excluding hydrogens is 410 g/mol. The zero-order valence-corrected chi connectivity index (χ0v) is 16.7. The molecule has 0 saturated carbocycles. The van der Waals surface area contributed by atoms with Crippen LogP contribution in [0.5, 0.6) is 5.75 Å². The van der Waals surface area contributed by atoms with Crippen LogP contribution in [0, 0.1) is 10.1 Å². The number of aromatic hydroxyl groups is 1. The minimum Gasteiger partial charge on any atom is -0.507 e. The molecule has 10 nitrogen and oxygen atoms in total. The fourth-order valence-corrected chi connectivity index (χ4v) is 3.91. The van der Waals surface area contributed by atoms with E-state index in [1.165, 1.54) is 40.4 Å². The quantitative estimate of drug-likeness (QED) is 0.283. The number of fused-ring (bicyclic) bond motifs is 3. The molecular formula is C19H16N5O5S+. The monoisotopic (exact) mass is 426 g/mol. The third kappa shape index (κ3) is 2.99. The number of aromatic nitrogens is 3. The van der Waals surface area contributed by atoms with Crippen molar-refractivity contribution in [3.63, 3.8) is 0 Å². The smallest absolute Gasteiger partial charge is 0.325 e. The van der Waals surface area contributed by atoms with Gasteiger partial charge in [0.05, 0.1) is 21.7 Å². The first kappa shape index (κ1) is 19.6. The maximum absolute atomic E-state index is 12.9. The van der Waals surface area contributed by atoms with Crippen LogP contribution >= 0.6 is 11.8 Å². The number of carbonyl (C=O) groups excluding carboxylic acids is 1. The van der Waals surface area contributed by atoms with Crippen molar-refractivity contribution in [2.45, 2.75) is 18.2 Å². The highest BCUT2D eigenvalue weighted by atomic mass is 32.2. The third-order valence-corrected chi connectivity index (χ3v) is 5.36. The Morgan fingerprint density at radius 1 is 1.33 bits per heavy atom. The number of benzene rings is 2. The molecule has 0 spiro atoms. The molecule has 152 valence electrons. The lowest BCUT2D eigenvalue weighted by Gasteiger charge is -2.31. The number of nitro groups is 1. The van der Waals surface area contributed by atoms with Gasteiger partial charge in [-0.25, -0.2) is 4.90 Å². The number of para-hydroxylation sites is 1. The van der Waals surface area contributed by atoms with E-state index in [0.29, 0.717) is 16.4 Å². The molecule has 0 aliphatic carbocycles. The molecule has 1 aliphatic rings. The molecule has 4 rings (SSSR count). The second kappa shape index (κ2) is 7.26. The number of carbonyl (C=O) groups is 1. The van der Waals surface area contributed by atoms with Crippen molar-refractivity contribution in [1.29, 1.82) is 0 Å². The summed E-state index contributed by atoms with van der Waals surface area (Å²) in [5.41, 5.74) is 0.477. The molecule has 30 heavy (non-hydrogen) atoms. The van der Waals surface area contributed by atoms with Gasteiger partial charge in [-0.05, 0) is 29.1 Å². The number of hydrogen-bond donors (Lipinski definition) is 2. The molecule has 2 N–H and O–H groups in total. The van der Waals surface area contributed by atoms with E-state index >= 15 is 0 Å². The summed E-state index contributed by atoms with van der Waals surface area (Å²) in [6, 6.07) is 10.3. The lowest BCUT2D eigenvalue weighted by atomic mass is 10.0. The molecule has 1 aliphatic heterocycles. The van der Waals surface area contributed by atoms with Crippen LogP contribution in [-0.4, -0.2) is 32.3 Å². The highest BCUT2D eigenvalue weighted by Crippen LogP contribution is 2.40. The summed E-state index contributed by atoms with van der Waals surface area (Å²) in [7, 11) is 0. The Morgan fingerprint density at radius 3 is 2.73 bits per heavy atom. The van der Waals surface area contributed by atoms with Gasteiger partial charge >= 0.3 is 11.3 Å². The fraction of sp³-hybridized carbons (Fsp3) is 0.158. The van der Waals surface area contributed by atoms with Crippen molar-refractivity contribution in [3.8, 4) is 17.0 Å². The summed E-state index contributed by atoms with van der Waals surface area (Å²) in [6.07, 6.45) is 0.630. The summed E-state index contributed by atoms with van der Waals surface area (Å²) >= 11 is 1.19. The first-order chi connectivity index (χ1) is 14.3. The first-order valence-electron chi connectivity index (χ1n) is 8.80. The van der Waals surface area contributed by atoms with Gasteiger partial charge in [-0.15, -0.1) is 0 Å². The minimum absolute atomic E-state index is 0.0744. The van der Waals surface area contributed by atoms with Gasteiger partial charge in [0.1, 0.15) is 5.75 Å². The van der Waals surface area contributed by atoms with Crippen molar-refractivity contribution in [2.75, 3.05) is 11.2 Å². The van der Waals surface area contributed by atoms with Crippen LogP contribution in [0.25, 0.3) is 11.3 Å². The van der Waals surface area contributed by atoms with E-state index < -0.39 is 16.6 Å². The third-order valence-electron chi connectivity index (χ3n) is 4.79. The molecule has 0 saturated heterocycles. The number of phenols is 1. The van der Waals surface area contributed by atoms with E-state index in [1.54, 1.807) is 30.5 Å². The van der Waals surface area contributed by atoms with Gasteiger partial charge in [0.15, 0.2) is 0 Å². The number of H-pyrrole nitrogens is 1. The standard InChI is InChI=1S/C19H15N5O5S/c1-10(25)22-14-6-4-3-5-12(14)16-17(27)20-19(30-2)21-23(16)18(22)13-9-11(24(28)29)7-8-15(13)26/h3-9,18H,1-2H3,(H-,20,21,26,27)/p+1. The van der Waals surface area contributed by atoms with Crippen LogP contribution in [0.15, 0.2) is 52.4 Å². The maximum Gasteiger partial charge on any atom is 0.325 e. The summed E-state index contributed by atoms with van der Waals surface area (Å²) < 4.78 is 1.33. The second-order valence-corrected chi connectivity index (χ2v) is 7.33. The predicted octanol–water partition coefficient (Wildman–Crippen LogP) is 1.97. The molecule has 1 amide bonds. The van der Waals surface area contributed by atoms with Crippen molar-refractivity contribution >= 4 is 29.0 Å². The number of aromatic amines is 1. The van der Waals surface area contributed by atoms with Gasteiger partial charge in [0, 0.05) is 24.2 Å². The highest BCUT2D eigenvalue weighted by Gasteiger charge is 2.46. The van der Waals surface area contributed by atoms with Gasteiger partial charge in [-0.3, -0.25) is 24.7 Å². The molecule has 0 radical (unpaired) electrons. The maximum atomic E-state index is 12.9. The molecule has 1 aromatic heterocycles. The molecule has 0 fully saturated rings. The van der Waals surface area contributed by atoms with Gasteiger partial charge < -0.3 is 5.11 Å². The second-order valence-electron chi connectivity index (χ2n) is 6.54. The molecule has 2 aromatic carbocycles. The highest BCUT2D eigenvalue weighted by molar-refractivity contribution is 7.98. The topological polar surface area (TPSA) is 133 Å². The van der Waals surface area contributed by atoms with E-state index in [0.717, 1.165) is 6.07 Å². The van der Waals surface area contributed by atoms with Crippen LogP contribution in [0.3, 0.4) is 0 Å².